The summed E-state index contributed by atoms with van der Waals surface area (Å²) < 4.78 is 12.6. The second kappa shape index (κ2) is 6.22. The number of carbonyl (C=O) groups is 1. The maximum absolute atomic E-state index is 13.4. The summed E-state index contributed by atoms with van der Waals surface area (Å²) in [7, 11) is 3.70. The van der Waals surface area contributed by atoms with Gasteiger partial charge in [0.05, 0.1) is 16.6 Å². The number of hydrogen-bond acceptors (Lipinski definition) is 5. The van der Waals surface area contributed by atoms with E-state index in [0.717, 1.165) is 52.3 Å². The van der Waals surface area contributed by atoms with Crippen LogP contribution >= 0.6 is 0 Å². The Bertz CT molecular complexity index is 1100. The van der Waals surface area contributed by atoms with Gasteiger partial charge in [-0.2, -0.15) is 5.10 Å². The number of rotatable bonds is 4. The third-order valence-electron chi connectivity index (χ3n) is 5.42. The van der Waals surface area contributed by atoms with E-state index in [1.54, 1.807) is 9.58 Å². The van der Waals surface area contributed by atoms with Crippen molar-refractivity contribution in [3.63, 3.8) is 0 Å². The highest BCUT2D eigenvalue weighted by Crippen LogP contribution is 2.40. The monoisotopic (exact) mass is 378 g/mol. The second-order valence-corrected chi connectivity index (χ2v) is 7.63. The molecular weight excluding hydrogens is 356 g/mol. The summed E-state index contributed by atoms with van der Waals surface area (Å²) in [5.74, 6) is 1.91. The molecular formula is C21H22N4O3. The zero-order chi connectivity index (χ0) is 19.4. The highest BCUT2D eigenvalue weighted by atomic mass is 16.7. The van der Waals surface area contributed by atoms with Gasteiger partial charge >= 0.3 is 0 Å². The molecule has 0 radical (unpaired) electrons. The largest absolute Gasteiger partial charge is 0.454 e. The van der Waals surface area contributed by atoms with E-state index in [1.165, 1.54) is 0 Å². The zero-order valence-electron chi connectivity index (χ0n) is 16.2. The molecule has 1 amide bonds. The van der Waals surface area contributed by atoms with Crippen molar-refractivity contribution in [3.8, 4) is 11.5 Å². The highest BCUT2D eigenvalue weighted by molar-refractivity contribution is 6.06. The standard InChI is InChI=1S/C21H22N4O3/c1-12-19-15(9-16(14-5-6-14)22-20(19)25(3)23-12)21(26)24(2)10-13-4-7-17-18(8-13)28-11-27-17/h4,7-9,14H,5-6,10-11H2,1-3H3. The van der Waals surface area contributed by atoms with Crippen LogP contribution in [0.5, 0.6) is 11.5 Å². The van der Waals surface area contributed by atoms with Crippen LogP contribution in [-0.4, -0.2) is 39.4 Å². The predicted molar refractivity (Wildman–Crippen MR) is 104 cm³/mol. The number of hydrogen-bond donors (Lipinski definition) is 0. The van der Waals surface area contributed by atoms with Crippen molar-refractivity contribution in [2.75, 3.05) is 13.8 Å². The first kappa shape index (κ1) is 17.0. The number of benzene rings is 1. The van der Waals surface area contributed by atoms with Crippen LogP contribution in [-0.2, 0) is 13.6 Å². The van der Waals surface area contributed by atoms with Gasteiger partial charge in [0.25, 0.3) is 5.91 Å². The van der Waals surface area contributed by atoms with Gasteiger partial charge in [-0.1, -0.05) is 6.07 Å². The molecule has 7 heteroatoms. The van der Waals surface area contributed by atoms with Crippen molar-refractivity contribution >= 4 is 16.9 Å². The number of pyridine rings is 1. The Morgan fingerprint density at radius 1 is 1.25 bits per heavy atom. The first-order valence-corrected chi connectivity index (χ1v) is 9.49. The first-order valence-electron chi connectivity index (χ1n) is 9.49. The van der Waals surface area contributed by atoms with Crippen LogP contribution in [0.15, 0.2) is 24.3 Å². The van der Waals surface area contributed by atoms with E-state index in [2.05, 4.69) is 5.10 Å². The van der Waals surface area contributed by atoms with Gasteiger partial charge in [0.2, 0.25) is 6.79 Å². The molecule has 0 atom stereocenters. The summed E-state index contributed by atoms with van der Waals surface area (Å²) in [6.07, 6.45) is 2.27. The quantitative estimate of drug-likeness (QED) is 0.698. The molecule has 0 unspecified atom stereocenters. The number of fused-ring (bicyclic) bond motifs is 2. The van der Waals surface area contributed by atoms with Gasteiger partial charge in [-0.3, -0.25) is 9.48 Å². The minimum atomic E-state index is -0.0249. The van der Waals surface area contributed by atoms with Gasteiger partial charge < -0.3 is 14.4 Å². The van der Waals surface area contributed by atoms with Crippen LogP contribution in [0.1, 0.15) is 46.1 Å². The summed E-state index contributed by atoms with van der Waals surface area (Å²) in [5, 5.41) is 5.33. The van der Waals surface area contributed by atoms with E-state index >= 15 is 0 Å². The average molecular weight is 378 g/mol. The molecule has 28 heavy (non-hydrogen) atoms. The molecule has 2 aliphatic rings. The molecule has 144 valence electrons. The number of aryl methyl sites for hydroxylation is 2. The molecule has 0 N–H and O–H groups in total. The van der Waals surface area contributed by atoms with Crippen LogP contribution in [0, 0.1) is 6.92 Å². The third kappa shape index (κ3) is 2.78. The van der Waals surface area contributed by atoms with E-state index in [9.17, 15) is 4.79 Å². The lowest BCUT2D eigenvalue weighted by atomic mass is 10.1. The fourth-order valence-corrected chi connectivity index (χ4v) is 3.81. The molecule has 0 bridgehead atoms. The topological polar surface area (TPSA) is 69.5 Å². The predicted octanol–water partition coefficient (Wildman–Crippen LogP) is 3.16. The van der Waals surface area contributed by atoms with Crippen molar-refractivity contribution in [3.05, 3.63) is 46.8 Å². The van der Waals surface area contributed by atoms with E-state index in [0.29, 0.717) is 18.0 Å². The van der Waals surface area contributed by atoms with E-state index in [-0.39, 0.29) is 12.7 Å². The molecule has 3 heterocycles. The molecule has 0 spiro atoms. The number of aromatic nitrogens is 3. The lowest BCUT2D eigenvalue weighted by molar-refractivity contribution is 0.0786. The SMILES string of the molecule is Cc1nn(C)c2nc(C3CC3)cc(C(=O)N(C)Cc3ccc4c(c3)OCO4)c12. The third-order valence-corrected chi connectivity index (χ3v) is 5.42. The molecule has 7 nitrogen and oxygen atoms in total. The molecule has 2 aromatic heterocycles. The molecule has 1 aliphatic heterocycles. The van der Waals surface area contributed by atoms with Crippen LogP contribution in [0.4, 0.5) is 0 Å². The molecule has 5 rings (SSSR count). The van der Waals surface area contributed by atoms with Crippen molar-refractivity contribution in [2.45, 2.75) is 32.2 Å². The van der Waals surface area contributed by atoms with E-state index in [4.69, 9.17) is 14.5 Å². The highest BCUT2D eigenvalue weighted by Gasteiger charge is 2.29. The van der Waals surface area contributed by atoms with Gasteiger partial charge in [0, 0.05) is 32.3 Å². The lowest BCUT2D eigenvalue weighted by Crippen LogP contribution is -2.26. The van der Waals surface area contributed by atoms with Crippen LogP contribution < -0.4 is 9.47 Å². The molecule has 0 saturated heterocycles. The number of carbonyl (C=O) groups excluding carboxylic acids is 1. The van der Waals surface area contributed by atoms with Crippen molar-refractivity contribution in [1.29, 1.82) is 0 Å². The second-order valence-electron chi connectivity index (χ2n) is 7.63. The normalized spacial score (nSPS) is 15.2. The maximum atomic E-state index is 13.4. The maximum Gasteiger partial charge on any atom is 0.254 e. The zero-order valence-corrected chi connectivity index (χ0v) is 16.2. The Kier molecular flexibility index (Phi) is 3.79. The van der Waals surface area contributed by atoms with Gasteiger partial charge in [-0.15, -0.1) is 0 Å². The summed E-state index contributed by atoms with van der Waals surface area (Å²) >= 11 is 0. The Morgan fingerprint density at radius 3 is 2.82 bits per heavy atom. The van der Waals surface area contributed by atoms with E-state index in [1.807, 2.05) is 45.3 Å². The van der Waals surface area contributed by atoms with Gasteiger partial charge in [0.15, 0.2) is 17.1 Å². The molecule has 1 fully saturated rings. The van der Waals surface area contributed by atoms with Crippen molar-refractivity contribution in [2.24, 2.45) is 7.05 Å². The van der Waals surface area contributed by atoms with E-state index < -0.39 is 0 Å². The summed E-state index contributed by atoms with van der Waals surface area (Å²) in [6.45, 7) is 2.65. The Balaban J connectivity index is 1.49. The molecule has 1 saturated carbocycles. The van der Waals surface area contributed by atoms with Gasteiger partial charge in [-0.25, -0.2) is 4.98 Å². The van der Waals surface area contributed by atoms with Crippen LogP contribution in [0.25, 0.3) is 11.0 Å². The number of nitrogens with zero attached hydrogens (tertiary/aromatic N) is 4. The van der Waals surface area contributed by atoms with Gasteiger partial charge in [-0.05, 0) is 43.5 Å². The fourth-order valence-electron chi connectivity index (χ4n) is 3.81. The molecule has 3 aromatic rings. The van der Waals surface area contributed by atoms with Crippen molar-refractivity contribution < 1.29 is 14.3 Å². The lowest BCUT2D eigenvalue weighted by Gasteiger charge is -2.19. The number of amides is 1. The Morgan fingerprint density at radius 2 is 2.04 bits per heavy atom. The molecule has 1 aliphatic carbocycles. The average Bonchev–Trinajstić information content (AvgIpc) is 3.36. The smallest absolute Gasteiger partial charge is 0.254 e. The minimum Gasteiger partial charge on any atom is -0.454 e. The fraction of sp³-hybridized carbons (Fsp3) is 0.381. The summed E-state index contributed by atoms with van der Waals surface area (Å²) in [5.41, 5.74) is 4.28. The minimum absolute atomic E-state index is 0.0249. The van der Waals surface area contributed by atoms with Gasteiger partial charge in [0.1, 0.15) is 0 Å². The summed E-state index contributed by atoms with van der Waals surface area (Å²) in [6, 6.07) is 7.74. The Hall–Kier alpha value is -3.09. The van der Waals surface area contributed by atoms with Crippen LogP contribution in [0.3, 0.4) is 0 Å². The van der Waals surface area contributed by atoms with Crippen molar-refractivity contribution in [1.82, 2.24) is 19.7 Å². The first-order chi connectivity index (χ1) is 13.5. The summed E-state index contributed by atoms with van der Waals surface area (Å²) in [4.78, 5) is 19.9. The van der Waals surface area contributed by atoms with Crippen LogP contribution in [0.2, 0.25) is 0 Å². The number of ether oxygens (including phenoxy) is 2. The Labute approximate surface area is 162 Å². The molecule has 1 aromatic carbocycles.